The van der Waals surface area contributed by atoms with Crippen LogP contribution in [-0.4, -0.2) is 49.6 Å². The molecule has 4 heterocycles. The minimum absolute atomic E-state index is 0.00944. The predicted molar refractivity (Wildman–Crippen MR) is 113 cm³/mol. The molecule has 9 heteroatoms. The molecule has 3 aromatic rings. The Balaban J connectivity index is 1.52. The molecular weight excluding hydrogens is 412 g/mol. The van der Waals surface area contributed by atoms with Gasteiger partial charge in [0.05, 0.1) is 17.6 Å². The first-order valence-electron chi connectivity index (χ1n) is 10.2. The number of carbonyl (C=O) groups is 2. The molecule has 1 fully saturated rings. The molecule has 1 saturated heterocycles. The molecule has 1 amide bonds. The number of aromatic nitrogens is 3. The molecular formula is C23H20N4O5. The van der Waals surface area contributed by atoms with Gasteiger partial charge >= 0.3 is 0 Å². The Morgan fingerprint density at radius 3 is 2.75 bits per heavy atom. The maximum absolute atomic E-state index is 13.0. The largest absolute Gasteiger partial charge is 0.507 e. The molecule has 1 aromatic carbocycles. The Kier molecular flexibility index (Phi) is 5.06. The number of carbonyl (C=O) groups excluding carboxylic acids is 2. The van der Waals surface area contributed by atoms with Crippen LogP contribution in [0.2, 0.25) is 0 Å². The normalized spacial score (nSPS) is 19.0. The first-order chi connectivity index (χ1) is 15.6. The highest BCUT2D eigenvalue weighted by atomic mass is 16.7. The number of hydrogen-bond donors (Lipinski definition) is 1. The highest BCUT2D eigenvalue weighted by Crippen LogP contribution is 2.40. The van der Waals surface area contributed by atoms with E-state index < -0.39 is 17.7 Å². The van der Waals surface area contributed by atoms with Gasteiger partial charge in [0.2, 0.25) is 6.79 Å². The third kappa shape index (κ3) is 3.47. The second-order valence-electron chi connectivity index (χ2n) is 7.47. The van der Waals surface area contributed by atoms with Crippen LogP contribution >= 0.6 is 0 Å². The van der Waals surface area contributed by atoms with Crippen molar-refractivity contribution in [1.82, 2.24) is 19.4 Å². The van der Waals surface area contributed by atoms with Crippen molar-refractivity contribution in [1.29, 1.82) is 0 Å². The number of aryl methyl sites for hydroxylation is 1. The molecule has 0 saturated carbocycles. The lowest BCUT2D eigenvalue weighted by molar-refractivity contribution is -0.140. The minimum Gasteiger partial charge on any atom is -0.507 e. The number of benzene rings is 1. The number of rotatable bonds is 6. The van der Waals surface area contributed by atoms with Gasteiger partial charge in [-0.3, -0.25) is 14.6 Å². The fraction of sp³-hybridized carbons (Fsp3) is 0.217. The smallest absolute Gasteiger partial charge is 0.295 e. The summed E-state index contributed by atoms with van der Waals surface area (Å²) < 4.78 is 12.6. The van der Waals surface area contributed by atoms with Crippen LogP contribution in [0.1, 0.15) is 23.7 Å². The zero-order valence-corrected chi connectivity index (χ0v) is 17.0. The van der Waals surface area contributed by atoms with Gasteiger partial charge in [-0.2, -0.15) is 0 Å². The van der Waals surface area contributed by atoms with Crippen molar-refractivity contribution in [2.45, 2.75) is 19.0 Å². The number of nitrogens with zero attached hydrogens (tertiary/aromatic N) is 4. The molecule has 2 aromatic heterocycles. The molecule has 5 rings (SSSR count). The summed E-state index contributed by atoms with van der Waals surface area (Å²) in [6, 6.07) is 9.39. The third-order valence-electron chi connectivity index (χ3n) is 5.53. The molecule has 32 heavy (non-hydrogen) atoms. The van der Waals surface area contributed by atoms with Gasteiger partial charge in [0, 0.05) is 37.2 Å². The van der Waals surface area contributed by atoms with Gasteiger partial charge in [0.15, 0.2) is 11.5 Å². The van der Waals surface area contributed by atoms with E-state index in [1.54, 1.807) is 55.1 Å². The number of amides is 1. The molecule has 9 nitrogen and oxygen atoms in total. The third-order valence-corrected chi connectivity index (χ3v) is 5.53. The van der Waals surface area contributed by atoms with Crippen LogP contribution in [0.5, 0.6) is 11.5 Å². The number of aliphatic hydroxyl groups is 1. The van der Waals surface area contributed by atoms with Crippen LogP contribution in [-0.2, 0) is 16.1 Å². The van der Waals surface area contributed by atoms with E-state index in [1.165, 1.54) is 4.90 Å². The quantitative estimate of drug-likeness (QED) is 0.362. The summed E-state index contributed by atoms with van der Waals surface area (Å²) in [4.78, 5) is 35.8. The van der Waals surface area contributed by atoms with E-state index in [9.17, 15) is 14.7 Å². The van der Waals surface area contributed by atoms with E-state index in [-0.39, 0.29) is 18.1 Å². The molecule has 0 unspecified atom stereocenters. The highest BCUT2D eigenvalue weighted by molar-refractivity contribution is 6.46. The van der Waals surface area contributed by atoms with Gasteiger partial charge < -0.3 is 24.0 Å². The number of imidazole rings is 1. The Morgan fingerprint density at radius 1 is 1.09 bits per heavy atom. The molecule has 0 aliphatic carbocycles. The maximum atomic E-state index is 13.0. The van der Waals surface area contributed by atoms with Crippen molar-refractivity contribution in [3.05, 3.63) is 78.1 Å². The first-order valence-corrected chi connectivity index (χ1v) is 10.2. The molecule has 2 aliphatic rings. The Bertz CT molecular complexity index is 1190. The average molecular weight is 432 g/mol. The summed E-state index contributed by atoms with van der Waals surface area (Å²) >= 11 is 0. The topological polar surface area (TPSA) is 107 Å². The van der Waals surface area contributed by atoms with Crippen molar-refractivity contribution in [3.63, 3.8) is 0 Å². The number of aliphatic hydroxyl groups excluding tert-OH is 1. The highest BCUT2D eigenvalue weighted by Gasteiger charge is 2.46. The molecule has 162 valence electrons. The Morgan fingerprint density at radius 2 is 1.97 bits per heavy atom. The summed E-state index contributed by atoms with van der Waals surface area (Å²) in [7, 11) is 0. The van der Waals surface area contributed by atoms with E-state index in [1.807, 2.05) is 10.8 Å². The molecule has 1 atom stereocenters. The molecule has 2 aliphatic heterocycles. The van der Waals surface area contributed by atoms with E-state index >= 15 is 0 Å². The number of likely N-dealkylation sites (tertiary alicyclic amines) is 1. The van der Waals surface area contributed by atoms with Gasteiger partial charge in [-0.25, -0.2) is 4.98 Å². The SMILES string of the molecule is O=C1C(=O)N(CCCn2ccnc2)[C@H](c2ccccn2)C1=C(O)c1ccc2c(c1)OCO2. The number of fused-ring (bicyclic) bond motifs is 1. The van der Waals surface area contributed by atoms with E-state index in [2.05, 4.69) is 9.97 Å². The van der Waals surface area contributed by atoms with Gasteiger partial charge in [0.25, 0.3) is 11.7 Å². The summed E-state index contributed by atoms with van der Waals surface area (Å²) in [6.45, 7) is 1.05. The van der Waals surface area contributed by atoms with Gasteiger partial charge in [0.1, 0.15) is 11.8 Å². The van der Waals surface area contributed by atoms with E-state index in [0.717, 1.165) is 0 Å². The molecule has 0 bridgehead atoms. The number of ketones is 1. The van der Waals surface area contributed by atoms with Crippen molar-refractivity contribution < 1.29 is 24.2 Å². The van der Waals surface area contributed by atoms with E-state index in [0.29, 0.717) is 42.3 Å². The van der Waals surface area contributed by atoms with E-state index in [4.69, 9.17) is 9.47 Å². The van der Waals surface area contributed by atoms with Gasteiger partial charge in [-0.1, -0.05) is 6.07 Å². The zero-order valence-electron chi connectivity index (χ0n) is 17.0. The van der Waals surface area contributed by atoms with Gasteiger partial charge in [-0.05, 0) is 36.8 Å². The van der Waals surface area contributed by atoms with Crippen LogP contribution in [0.4, 0.5) is 0 Å². The Labute approximate surface area is 183 Å². The van der Waals surface area contributed by atoms with Crippen LogP contribution in [0.15, 0.2) is 66.9 Å². The van der Waals surface area contributed by atoms with Crippen molar-refractivity contribution in [2.24, 2.45) is 0 Å². The maximum Gasteiger partial charge on any atom is 0.295 e. The number of ether oxygens (including phenoxy) is 2. The molecule has 0 spiro atoms. The van der Waals surface area contributed by atoms with Crippen LogP contribution in [0.25, 0.3) is 5.76 Å². The lowest BCUT2D eigenvalue weighted by Gasteiger charge is -2.24. The summed E-state index contributed by atoms with van der Waals surface area (Å²) in [6.07, 6.45) is 7.43. The van der Waals surface area contributed by atoms with Crippen LogP contribution in [0, 0.1) is 0 Å². The van der Waals surface area contributed by atoms with Crippen LogP contribution < -0.4 is 9.47 Å². The summed E-state index contributed by atoms with van der Waals surface area (Å²) in [5, 5.41) is 11.1. The molecule has 0 radical (unpaired) electrons. The standard InChI is InChI=1S/C23H20N4O5/c28-21(15-5-6-17-18(12-15)32-14-31-17)19-20(16-4-1-2-7-25-16)27(23(30)22(19)29)10-3-9-26-11-8-24-13-26/h1-2,4-8,11-13,20,28H,3,9-10,14H2/t20-/m1/s1. The number of pyridine rings is 1. The number of hydrogen-bond acceptors (Lipinski definition) is 7. The lowest BCUT2D eigenvalue weighted by atomic mass is 9.98. The van der Waals surface area contributed by atoms with Gasteiger partial charge in [-0.15, -0.1) is 0 Å². The fourth-order valence-electron chi connectivity index (χ4n) is 4.00. The lowest BCUT2D eigenvalue weighted by Crippen LogP contribution is -2.31. The second-order valence-corrected chi connectivity index (χ2v) is 7.47. The summed E-state index contributed by atoms with van der Waals surface area (Å²) in [5.41, 5.74) is 0.887. The molecule has 1 N–H and O–H groups in total. The predicted octanol–water partition coefficient (Wildman–Crippen LogP) is 2.52. The van der Waals surface area contributed by atoms with Crippen LogP contribution in [0.3, 0.4) is 0 Å². The van der Waals surface area contributed by atoms with Crippen molar-refractivity contribution >= 4 is 17.4 Å². The minimum atomic E-state index is -0.788. The van der Waals surface area contributed by atoms with Crippen molar-refractivity contribution in [3.8, 4) is 11.5 Å². The monoisotopic (exact) mass is 432 g/mol. The first kappa shape index (κ1) is 19.8. The fourth-order valence-corrected chi connectivity index (χ4v) is 4.00. The summed E-state index contributed by atoms with van der Waals surface area (Å²) in [5.74, 6) is -0.637. The number of Topliss-reactive ketones (excluding diaryl/α,β-unsaturated/α-hetero) is 1. The second kappa shape index (κ2) is 8.18. The van der Waals surface area contributed by atoms with Crippen molar-refractivity contribution in [2.75, 3.05) is 13.3 Å². The Hall–Kier alpha value is -4.14. The zero-order chi connectivity index (χ0) is 22.1. The average Bonchev–Trinajstić information content (AvgIpc) is 3.55.